The highest BCUT2D eigenvalue weighted by atomic mass is 35.5. The number of likely N-dealkylation sites (tertiary alicyclic amines) is 1. The van der Waals surface area contributed by atoms with Crippen LogP contribution in [0, 0.1) is 11.7 Å². The number of rotatable bonds is 9. The number of halogens is 2. The van der Waals surface area contributed by atoms with Crippen molar-refractivity contribution in [1.29, 1.82) is 0 Å². The van der Waals surface area contributed by atoms with E-state index in [1.54, 1.807) is 42.7 Å². The van der Waals surface area contributed by atoms with Crippen molar-refractivity contribution in [3.05, 3.63) is 101 Å². The number of unbranched alkanes of at least 4 members (excludes halogenated alkanes) is 1. The lowest BCUT2D eigenvalue weighted by molar-refractivity contribution is -0.143. The molecule has 202 valence electrons. The van der Waals surface area contributed by atoms with E-state index < -0.39 is 35.7 Å². The predicted molar refractivity (Wildman–Crippen MR) is 149 cm³/mol. The summed E-state index contributed by atoms with van der Waals surface area (Å²) in [6.07, 6.45) is 3.80. The second-order valence-corrected chi connectivity index (χ2v) is 10.5. The molecule has 0 aliphatic carbocycles. The molecule has 1 amide bonds. The van der Waals surface area contributed by atoms with Crippen LogP contribution in [0.3, 0.4) is 0 Å². The van der Waals surface area contributed by atoms with Crippen molar-refractivity contribution < 1.29 is 23.5 Å². The monoisotopic (exact) mass is 548 g/mol. The van der Waals surface area contributed by atoms with Crippen LogP contribution in [-0.2, 0) is 9.59 Å². The lowest BCUT2D eigenvalue weighted by Gasteiger charge is -2.33. The summed E-state index contributed by atoms with van der Waals surface area (Å²) < 4.78 is 19.4. The van der Waals surface area contributed by atoms with Gasteiger partial charge in [-0.25, -0.2) is 4.39 Å². The molecule has 5 rings (SSSR count). The van der Waals surface area contributed by atoms with Crippen LogP contribution in [0.4, 0.5) is 10.1 Å². The number of fused-ring (bicyclic) bond motifs is 1. The topological polar surface area (TPSA) is 82.8 Å². The van der Waals surface area contributed by atoms with Crippen LogP contribution < -0.4 is 5.32 Å². The fourth-order valence-electron chi connectivity index (χ4n) is 5.73. The van der Waals surface area contributed by atoms with Crippen molar-refractivity contribution in [2.75, 3.05) is 11.9 Å². The smallest absolute Gasteiger partial charge is 0.309 e. The van der Waals surface area contributed by atoms with E-state index in [2.05, 4.69) is 12.2 Å². The van der Waals surface area contributed by atoms with Gasteiger partial charge in [0.1, 0.15) is 11.4 Å². The number of anilines is 1. The number of furan rings is 1. The standard InChI is InChI=1S/C31H30ClFN2O4/c1-2-3-7-26(30(36)34-24-6-4-5-22(32)17-24)35-18-25(20-10-13-27-21(16-20)14-15-39-27)28(31(37)38)29(35)19-8-11-23(33)12-9-19/h4-6,8-17,25-26,28-29H,2-3,7,18H2,1H3,(H,34,36)(H,37,38). The average molecular weight is 549 g/mol. The molecule has 4 atom stereocenters. The van der Waals surface area contributed by atoms with Gasteiger partial charge in [-0.1, -0.05) is 55.6 Å². The Balaban J connectivity index is 1.58. The van der Waals surface area contributed by atoms with Crippen molar-refractivity contribution in [2.24, 2.45) is 5.92 Å². The van der Waals surface area contributed by atoms with Crippen molar-refractivity contribution in [3.8, 4) is 0 Å². The third-order valence-electron chi connectivity index (χ3n) is 7.57. The summed E-state index contributed by atoms with van der Waals surface area (Å²) in [7, 11) is 0. The number of carbonyl (C=O) groups is 2. The minimum atomic E-state index is -0.964. The molecule has 0 bridgehead atoms. The van der Waals surface area contributed by atoms with Gasteiger partial charge in [-0.2, -0.15) is 0 Å². The molecule has 0 spiro atoms. The fraction of sp³-hybridized carbons (Fsp3) is 0.290. The van der Waals surface area contributed by atoms with Gasteiger partial charge >= 0.3 is 5.97 Å². The molecule has 0 radical (unpaired) electrons. The van der Waals surface area contributed by atoms with Gasteiger partial charge in [0, 0.05) is 34.6 Å². The van der Waals surface area contributed by atoms with Gasteiger partial charge in [0.05, 0.1) is 18.2 Å². The molecule has 1 aromatic heterocycles. The summed E-state index contributed by atoms with van der Waals surface area (Å²) in [5.41, 5.74) is 2.81. The normalized spacial score (nSPS) is 20.2. The zero-order valence-corrected chi connectivity index (χ0v) is 22.3. The maximum absolute atomic E-state index is 13.9. The van der Waals surface area contributed by atoms with E-state index in [0.29, 0.717) is 29.2 Å². The van der Waals surface area contributed by atoms with Gasteiger partial charge in [0.2, 0.25) is 5.91 Å². The van der Waals surface area contributed by atoms with Gasteiger partial charge < -0.3 is 14.8 Å². The first kappa shape index (κ1) is 26.9. The van der Waals surface area contributed by atoms with Crippen molar-refractivity contribution in [3.63, 3.8) is 0 Å². The highest BCUT2D eigenvalue weighted by Crippen LogP contribution is 2.48. The number of amides is 1. The molecule has 1 saturated heterocycles. The van der Waals surface area contributed by atoms with E-state index in [1.165, 1.54) is 12.1 Å². The van der Waals surface area contributed by atoms with E-state index in [9.17, 15) is 19.1 Å². The molecule has 1 fully saturated rings. The second kappa shape index (κ2) is 11.6. The maximum atomic E-state index is 13.9. The van der Waals surface area contributed by atoms with E-state index >= 15 is 0 Å². The van der Waals surface area contributed by atoms with E-state index in [4.69, 9.17) is 16.0 Å². The van der Waals surface area contributed by atoms with Crippen molar-refractivity contribution in [1.82, 2.24) is 4.90 Å². The molecule has 1 aliphatic heterocycles. The van der Waals surface area contributed by atoms with Crippen LogP contribution >= 0.6 is 11.6 Å². The molecule has 6 nitrogen and oxygen atoms in total. The number of aliphatic carboxylic acids is 1. The summed E-state index contributed by atoms with van der Waals surface area (Å²) >= 11 is 6.14. The molecular weight excluding hydrogens is 519 g/mol. The van der Waals surface area contributed by atoms with Crippen LogP contribution in [0.15, 0.2) is 83.5 Å². The number of carboxylic acids is 1. The molecule has 39 heavy (non-hydrogen) atoms. The lowest BCUT2D eigenvalue weighted by Crippen LogP contribution is -2.45. The summed E-state index contributed by atoms with van der Waals surface area (Å²) in [4.78, 5) is 28.7. The molecule has 4 unspecified atom stereocenters. The van der Waals surface area contributed by atoms with Crippen LogP contribution in [0.1, 0.15) is 49.3 Å². The Kier molecular flexibility index (Phi) is 8.00. The van der Waals surface area contributed by atoms with Crippen LogP contribution in [-0.4, -0.2) is 34.5 Å². The fourth-order valence-corrected chi connectivity index (χ4v) is 5.92. The quantitative estimate of drug-likeness (QED) is 0.230. The third kappa shape index (κ3) is 5.70. The van der Waals surface area contributed by atoms with E-state index in [0.717, 1.165) is 29.4 Å². The highest BCUT2D eigenvalue weighted by molar-refractivity contribution is 6.30. The SMILES string of the molecule is CCCCC(C(=O)Nc1cccc(Cl)c1)N1CC(c2ccc3occc3c2)C(C(=O)O)C1c1ccc(F)cc1. The number of hydrogen-bond acceptors (Lipinski definition) is 4. The zero-order valence-electron chi connectivity index (χ0n) is 21.5. The van der Waals surface area contributed by atoms with Crippen LogP contribution in [0.25, 0.3) is 11.0 Å². The first-order valence-electron chi connectivity index (χ1n) is 13.1. The van der Waals surface area contributed by atoms with Gasteiger partial charge in [0.15, 0.2) is 0 Å². The van der Waals surface area contributed by atoms with Crippen LogP contribution in [0.5, 0.6) is 0 Å². The van der Waals surface area contributed by atoms with E-state index in [-0.39, 0.29) is 5.91 Å². The maximum Gasteiger partial charge on any atom is 0.309 e. The summed E-state index contributed by atoms with van der Waals surface area (Å²) in [5, 5.41) is 14.9. The summed E-state index contributed by atoms with van der Waals surface area (Å²) in [5.74, 6) is -2.86. The van der Waals surface area contributed by atoms with Gasteiger partial charge in [-0.05, 0) is 66.1 Å². The minimum Gasteiger partial charge on any atom is -0.481 e. The molecular formula is C31H30ClFN2O4. The van der Waals surface area contributed by atoms with Gasteiger partial charge in [0.25, 0.3) is 0 Å². The first-order valence-corrected chi connectivity index (χ1v) is 13.5. The number of nitrogens with one attached hydrogen (secondary N) is 1. The molecule has 1 aliphatic rings. The average Bonchev–Trinajstić information content (AvgIpc) is 3.54. The molecule has 8 heteroatoms. The third-order valence-corrected chi connectivity index (χ3v) is 7.80. The Bertz CT molecular complexity index is 1470. The molecule has 0 saturated carbocycles. The largest absolute Gasteiger partial charge is 0.481 e. The number of carbonyl (C=O) groups excluding carboxylic acids is 1. The number of carboxylic acid groups (broad SMARTS) is 1. The Hall–Kier alpha value is -3.68. The molecule has 3 aromatic carbocycles. The highest BCUT2D eigenvalue weighted by Gasteiger charge is 2.50. The number of benzene rings is 3. The van der Waals surface area contributed by atoms with E-state index in [1.807, 2.05) is 29.2 Å². The predicted octanol–water partition coefficient (Wildman–Crippen LogP) is 7.26. The van der Waals surface area contributed by atoms with Crippen molar-refractivity contribution in [2.45, 2.75) is 44.2 Å². The minimum absolute atomic E-state index is 0.229. The molecule has 2 N–H and O–H groups in total. The van der Waals surface area contributed by atoms with Crippen LogP contribution in [0.2, 0.25) is 5.02 Å². The first-order chi connectivity index (χ1) is 18.9. The Morgan fingerprint density at radius 1 is 1.10 bits per heavy atom. The summed E-state index contributed by atoms with van der Waals surface area (Å²) in [6.45, 7) is 2.40. The second-order valence-electron chi connectivity index (χ2n) is 10.0. The van der Waals surface area contributed by atoms with Gasteiger partial charge in [-0.15, -0.1) is 0 Å². The molecule has 2 heterocycles. The Labute approximate surface area is 231 Å². The number of hydrogen-bond donors (Lipinski definition) is 2. The molecule has 4 aromatic rings. The lowest BCUT2D eigenvalue weighted by atomic mass is 9.82. The van der Waals surface area contributed by atoms with Gasteiger partial charge in [-0.3, -0.25) is 14.5 Å². The Morgan fingerprint density at radius 3 is 2.59 bits per heavy atom. The van der Waals surface area contributed by atoms with Crippen molar-refractivity contribution >= 4 is 40.1 Å². The zero-order chi connectivity index (χ0) is 27.5. The number of nitrogens with zero attached hydrogens (tertiary/aromatic N) is 1. The Morgan fingerprint density at radius 2 is 1.87 bits per heavy atom. The summed E-state index contributed by atoms with van der Waals surface area (Å²) in [6, 6.07) is 19.2.